The Morgan fingerprint density at radius 3 is 2.10 bits per heavy atom. The molecule has 0 fully saturated rings. The summed E-state index contributed by atoms with van der Waals surface area (Å²) in [6, 6.07) is 17.0. The van der Waals surface area contributed by atoms with E-state index in [0.717, 1.165) is 29.9 Å². The van der Waals surface area contributed by atoms with Crippen molar-refractivity contribution >= 4 is 11.4 Å². The molecule has 0 saturated heterocycles. The minimum Gasteiger partial charge on any atom is -0.388 e. The van der Waals surface area contributed by atoms with Gasteiger partial charge in [0.15, 0.2) is 0 Å². The van der Waals surface area contributed by atoms with Gasteiger partial charge in [0.2, 0.25) is 0 Å². The van der Waals surface area contributed by atoms with Crippen LogP contribution in [-0.4, -0.2) is 7.05 Å². The minimum atomic E-state index is 0.802. The van der Waals surface area contributed by atoms with E-state index in [9.17, 15) is 0 Å². The molecule has 0 spiro atoms. The second-order valence-electron chi connectivity index (χ2n) is 4.83. The summed E-state index contributed by atoms with van der Waals surface area (Å²) in [6.07, 6.45) is 1.08. The molecule has 0 aromatic heterocycles. The van der Waals surface area contributed by atoms with Gasteiger partial charge in [-0.3, -0.25) is 0 Å². The smallest absolute Gasteiger partial charge is 0.0400 e. The molecule has 2 aromatic carbocycles. The first-order valence-electron chi connectivity index (χ1n) is 7.01. The first kappa shape index (κ1) is 14.2. The molecular weight excluding hydrogens is 244 g/mol. The summed E-state index contributed by atoms with van der Waals surface area (Å²) in [6.45, 7) is 7.07. The molecule has 2 nitrogen and oxygen atoms in total. The third-order valence-corrected chi connectivity index (χ3v) is 3.46. The third kappa shape index (κ3) is 3.64. The zero-order valence-electron chi connectivity index (χ0n) is 12.2. The predicted molar refractivity (Wildman–Crippen MR) is 87.7 cm³/mol. The van der Waals surface area contributed by atoms with Crippen LogP contribution in [0.5, 0.6) is 0 Å². The summed E-state index contributed by atoms with van der Waals surface area (Å²) in [4.78, 5) is 0. The van der Waals surface area contributed by atoms with Crippen LogP contribution in [0.25, 0.3) is 5.70 Å². The molecule has 104 valence electrons. The second kappa shape index (κ2) is 6.80. The molecule has 0 saturated carbocycles. The van der Waals surface area contributed by atoms with Crippen molar-refractivity contribution in [3.05, 3.63) is 71.8 Å². The highest BCUT2D eigenvalue weighted by atomic mass is 14.9. The summed E-state index contributed by atoms with van der Waals surface area (Å²) < 4.78 is 0. The molecule has 2 N–H and O–H groups in total. The van der Waals surface area contributed by atoms with E-state index < -0.39 is 0 Å². The number of nitrogens with one attached hydrogen (secondary N) is 2. The minimum absolute atomic E-state index is 0.802. The summed E-state index contributed by atoms with van der Waals surface area (Å²) in [7, 11) is 1.92. The molecule has 0 amide bonds. The lowest BCUT2D eigenvalue weighted by Gasteiger charge is -2.11. The molecule has 0 aliphatic rings. The van der Waals surface area contributed by atoms with Crippen molar-refractivity contribution in [1.29, 1.82) is 0 Å². The fourth-order valence-corrected chi connectivity index (χ4v) is 2.04. The van der Waals surface area contributed by atoms with E-state index in [1.807, 2.05) is 7.05 Å². The molecule has 0 heterocycles. The van der Waals surface area contributed by atoms with Gasteiger partial charge in [0.1, 0.15) is 0 Å². The van der Waals surface area contributed by atoms with Crippen LogP contribution in [0.2, 0.25) is 0 Å². The van der Waals surface area contributed by atoms with Crippen LogP contribution in [0, 0.1) is 0 Å². The van der Waals surface area contributed by atoms with Gasteiger partial charge in [0.25, 0.3) is 0 Å². The number of hydrogen-bond donors (Lipinski definition) is 2. The van der Waals surface area contributed by atoms with Gasteiger partial charge in [-0.15, -0.1) is 0 Å². The molecular formula is C18H22N2. The van der Waals surface area contributed by atoms with Crippen LogP contribution in [0.15, 0.2) is 55.1 Å². The molecule has 0 atom stereocenters. The Bertz CT molecular complexity index is 553. The Hall–Kier alpha value is -2.22. The lowest BCUT2D eigenvalue weighted by Crippen LogP contribution is -2.10. The van der Waals surface area contributed by atoms with Gasteiger partial charge in [-0.25, -0.2) is 0 Å². The standard InChI is InChI=1S/C18H22N2/c1-4-15-5-7-16(8-6-15)13-20-14(2)17-9-11-18(19-3)12-10-17/h5-12,19-20H,2,4,13H2,1,3H3. The maximum absolute atomic E-state index is 4.10. The van der Waals surface area contributed by atoms with Gasteiger partial charge in [-0.05, 0) is 35.2 Å². The first-order valence-corrected chi connectivity index (χ1v) is 7.01. The van der Waals surface area contributed by atoms with Gasteiger partial charge < -0.3 is 10.6 Å². The van der Waals surface area contributed by atoms with Crippen molar-refractivity contribution in [2.75, 3.05) is 12.4 Å². The van der Waals surface area contributed by atoms with Crippen molar-refractivity contribution in [2.45, 2.75) is 19.9 Å². The fourth-order valence-electron chi connectivity index (χ4n) is 2.04. The van der Waals surface area contributed by atoms with Crippen LogP contribution in [0.1, 0.15) is 23.6 Å². The van der Waals surface area contributed by atoms with Crippen molar-refractivity contribution in [1.82, 2.24) is 5.32 Å². The van der Waals surface area contributed by atoms with Crippen molar-refractivity contribution in [3.8, 4) is 0 Å². The molecule has 2 rings (SSSR count). The molecule has 20 heavy (non-hydrogen) atoms. The Morgan fingerprint density at radius 1 is 0.950 bits per heavy atom. The topological polar surface area (TPSA) is 24.1 Å². The maximum Gasteiger partial charge on any atom is 0.0400 e. The Balaban J connectivity index is 1.93. The zero-order valence-corrected chi connectivity index (χ0v) is 12.2. The van der Waals surface area contributed by atoms with E-state index in [4.69, 9.17) is 0 Å². The Labute approximate surface area is 121 Å². The van der Waals surface area contributed by atoms with Gasteiger partial charge in [-0.1, -0.05) is 49.9 Å². The summed E-state index contributed by atoms with van der Waals surface area (Å²) >= 11 is 0. The summed E-state index contributed by atoms with van der Waals surface area (Å²) in [5.74, 6) is 0. The van der Waals surface area contributed by atoms with Crippen LogP contribution < -0.4 is 10.6 Å². The van der Waals surface area contributed by atoms with E-state index >= 15 is 0 Å². The van der Waals surface area contributed by atoms with Crippen LogP contribution in [0.4, 0.5) is 5.69 Å². The predicted octanol–water partition coefficient (Wildman–Crippen LogP) is 4.05. The van der Waals surface area contributed by atoms with Crippen LogP contribution >= 0.6 is 0 Å². The van der Waals surface area contributed by atoms with E-state index in [1.165, 1.54) is 11.1 Å². The number of benzene rings is 2. The molecule has 0 radical (unpaired) electrons. The van der Waals surface area contributed by atoms with Crippen molar-refractivity contribution in [3.63, 3.8) is 0 Å². The summed E-state index contributed by atoms with van der Waals surface area (Å²) in [5.41, 5.74) is 5.82. The normalized spacial score (nSPS) is 10.1. The summed E-state index contributed by atoms with van der Waals surface area (Å²) in [5, 5.41) is 6.49. The molecule has 0 unspecified atom stereocenters. The van der Waals surface area contributed by atoms with Gasteiger partial charge in [0.05, 0.1) is 0 Å². The first-order chi connectivity index (χ1) is 9.72. The van der Waals surface area contributed by atoms with Crippen molar-refractivity contribution < 1.29 is 0 Å². The molecule has 2 aromatic rings. The number of aryl methyl sites for hydroxylation is 1. The van der Waals surface area contributed by atoms with E-state index in [-0.39, 0.29) is 0 Å². The van der Waals surface area contributed by atoms with E-state index in [1.54, 1.807) is 0 Å². The Morgan fingerprint density at radius 2 is 1.55 bits per heavy atom. The SMILES string of the molecule is C=C(NCc1ccc(CC)cc1)c1ccc(NC)cc1. The number of anilines is 1. The molecule has 0 bridgehead atoms. The zero-order chi connectivity index (χ0) is 14.4. The van der Waals surface area contributed by atoms with E-state index in [2.05, 4.69) is 72.7 Å². The molecule has 0 aliphatic heterocycles. The quantitative estimate of drug-likeness (QED) is 0.824. The highest BCUT2D eigenvalue weighted by molar-refractivity contribution is 5.63. The average Bonchev–Trinajstić information content (AvgIpc) is 2.53. The number of hydrogen-bond acceptors (Lipinski definition) is 2. The number of rotatable bonds is 6. The second-order valence-corrected chi connectivity index (χ2v) is 4.83. The van der Waals surface area contributed by atoms with Gasteiger partial charge in [-0.2, -0.15) is 0 Å². The average molecular weight is 266 g/mol. The van der Waals surface area contributed by atoms with Crippen molar-refractivity contribution in [2.24, 2.45) is 0 Å². The maximum atomic E-state index is 4.10. The fraction of sp³-hybridized carbons (Fsp3) is 0.222. The molecule has 0 aliphatic carbocycles. The van der Waals surface area contributed by atoms with Crippen LogP contribution in [0.3, 0.4) is 0 Å². The monoisotopic (exact) mass is 266 g/mol. The molecule has 2 heteroatoms. The third-order valence-electron chi connectivity index (χ3n) is 3.46. The highest BCUT2D eigenvalue weighted by Gasteiger charge is 1.99. The lowest BCUT2D eigenvalue weighted by molar-refractivity contribution is 0.890. The largest absolute Gasteiger partial charge is 0.388 e. The van der Waals surface area contributed by atoms with Gasteiger partial charge in [0, 0.05) is 25.0 Å². The van der Waals surface area contributed by atoms with Gasteiger partial charge >= 0.3 is 0 Å². The van der Waals surface area contributed by atoms with E-state index in [0.29, 0.717) is 0 Å². The highest BCUT2D eigenvalue weighted by Crippen LogP contribution is 2.14. The van der Waals surface area contributed by atoms with Crippen LogP contribution in [-0.2, 0) is 13.0 Å². The Kier molecular flexibility index (Phi) is 4.83. The lowest BCUT2D eigenvalue weighted by atomic mass is 10.1.